The summed E-state index contributed by atoms with van der Waals surface area (Å²) in [5.41, 5.74) is 0. The third-order valence-corrected chi connectivity index (χ3v) is 4.08. The number of likely N-dealkylation sites (N-methyl/N-ethyl adjacent to an activating group) is 1. The molecule has 8 heteroatoms. The van der Waals surface area contributed by atoms with Crippen LogP contribution in [-0.4, -0.2) is 68.1 Å². The third-order valence-electron chi connectivity index (χ3n) is 3.78. The van der Waals surface area contributed by atoms with Crippen LogP contribution in [0.1, 0.15) is 13.3 Å². The van der Waals surface area contributed by atoms with E-state index in [2.05, 4.69) is 25.5 Å². The Bertz CT molecular complexity index is 592. The number of nitrogens with one attached hydrogen (secondary N) is 2. The molecule has 2 rings (SSSR count). The number of rotatable bonds is 5. The average Bonchev–Trinajstić information content (AvgIpc) is 3.01. The minimum Gasteiger partial charge on any atom is -0.357 e. The molecule has 1 aliphatic heterocycles. The van der Waals surface area contributed by atoms with Crippen LogP contribution in [0.15, 0.2) is 23.3 Å². The monoisotopic (exact) mass is 352 g/mol. The average molecular weight is 353 g/mol. The molecule has 2 heterocycles. The van der Waals surface area contributed by atoms with Crippen molar-refractivity contribution >= 4 is 29.3 Å². The van der Waals surface area contributed by atoms with Crippen LogP contribution >= 0.6 is 11.6 Å². The maximum Gasteiger partial charge on any atom is 0.243 e. The van der Waals surface area contributed by atoms with Gasteiger partial charge in [-0.1, -0.05) is 11.6 Å². The predicted molar refractivity (Wildman–Crippen MR) is 97.7 cm³/mol. The van der Waals surface area contributed by atoms with Gasteiger partial charge in [0, 0.05) is 46.0 Å². The standard InChI is InChI=1S/C16H25ClN6O/c1-4-18-16(20-10-14(24)22(2)3)21-12-7-9-23(11-12)15-13(17)6-5-8-19-15/h5-6,8,12H,4,7,9-11H2,1-3H3,(H2,18,20,21). The van der Waals surface area contributed by atoms with Gasteiger partial charge in [0.2, 0.25) is 5.91 Å². The minimum absolute atomic E-state index is 0.0273. The van der Waals surface area contributed by atoms with Gasteiger partial charge in [0.1, 0.15) is 12.4 Å². The van der Waals surface area contributed by atoms with Gasteiger partial charge in [0.05, 0.1) is 5.02 Å². The molecular weight excluding hydrogens is 328 g/mol. The van der Waals surface area contributed by atoms with Gasteiger partial charge in [-0.3, -0.25) is 4.79 Å². The van der Waals surface area contributed by atoms with Crippen molar-refractivity contribution in [2.24, 2.45) is 4.99 Å². The summed E-state index contributed by atoms with van der Waals surface area (Å²) in [4.78, 5) is 24.1. The largest absolute Gasteiger partial charge is 0.357 e. The first-order valence-corrected chi connectivity index (χ1v) is 8.49. The normalized spacial score (nSPS) is 17.8. The lowest BCUT2D eigenvalue weighted by atomic mass is 10.3. The highest BCUT2D eigenvalue weighted by Gasteiger charge is 2.25. The molecule has 0 aliphatic carbocycles. The summed E-state index contributed by atoms with van der Waals surface area (Å²) in [6.45, 7) is 4.54. The molecule has 0 bridgehead atoms. The summed E-state index contributed by atoms with van der Waals surface area (Å²) in [6.07, 6.45) is 2.71. The third kappa shape index (κ3) is 4.99. The van der Waals surface area contributed by atoms with Gasteiger partial charge < -0.3 is 20.4 Å². The van der Waals surface area contributed by atoms with Crippen molar-refractivity contribution in [3.05, 3.63) is 23.4 Å². The number of hydrogen-bond acceptors (Lipinski definition) is 4. The second kappa shape index (κ2) is 8.73. The maximum atomic E-state index is 11.7. The Morgan fingerprint density at radius 1 is 1.54 bits per heavy atom. The fourth-order valence-corrected chi connectivity index (χ4v) is 2.72. The predicted octanol–water partition coefficient (Wildman–Crippen LogP) is 0.957. The van der Waals surface area contributed by atoms with Gasteiger partial charge >= 0.3 is 0 Å². The molecule has 1 aromatic rings. The molecule has 0 radical (unpaired) electrons. The molecule has 1 amide bonds. The molecule has 2 N–H and O–H groups in total. The zero-order valence-corrected chi connectivity index (χ0v) is 15.2. The molecule has 132 valence electrons. The van der Waals surface area contributed by atoms with Crippen molar-refractivity contribution in [3.8, 4) is 0 Å². The van der Waals surface area contributed by atoms with Gasteiger partial charge in [0.15, 0.2) is 5.96 Å². The van der Waals surface area contributed by atoms with Gasteiger partial charge in [-0.25, -0.2) is 9.98 Å². The van der Waals surface area contributed by atoms with E-state index in [1.165, 1.54) is 4.90 Å². The summed E-state index contributed by atoms with van der Waals surface area (Å²) in [5.74, 6) is 1.44. The first-order chi connectivity index (χ1) is 11.5. The number of pyridine rings is 1. The van der Waals surface area contributed by atoms with Crippen LogP contribution in [0.5, 0.6) is 0 Å². The number of aromatic nitrogens is 1. The van der Waals surface area contributed by atoms with Crippen LogP contribution in [0.3, 0.4) is 0 Å². The second-order valence-electron chi connectivity index (χ2n) is 5.87. The number of aliphatic imine (C=N–C) groups is 1. The van der Waals surface area contributed by atoms with E-state index in [9.17, 15) is 4.79 Å². The summed E-state index contributed by atoms with van der Waals surface area (Å²) in [7, 11) is 3.45. The highest BCUT2D eigenvalue weighted by atomic mass is 35.5. The number of carbonyl (C=O) groups is 1. The molecule has 1 atom stereocenters. The van der Waals surface area contributed by atoms with Gasteiger partial charge in [-0.15, -0.1) is 0 Å². The number of carbonyl (C=O) groups excluding carboxylic acids is 1. The molecule has 0 saturated carbocycles. The Morgan fingerprint density at radius 2 is 2.33 bits per heavy atom. The molecular formula is C16H25ClN6O. The first kappa shape index (κ1) is 18.3. The fourth-order valence-electron chi connectivity index (χ4n) is 2.48. The zero-order valence-electron chi connectivity index (χ0n) is 14.4. The fraction of sp³-hybridized carbons (Fsp3) is 0.562. The van der Waals surface area contributed by atoms with Gasteiger partial charge in [0.25, 0.3) is 0 Å². The lowest BCUT2D eigenvalue weighted by Crippen LogP contribution is -2.45. The topological polar surface area (TPSA) is 72.9 Å². The summed E-state index contributed by atoms with van der Waals surface area (Å²) >= 11 is 6.22. The molecule has 7 nitrogen and oxygen atoms in total. The number of guanidine groups is 1. The van der Waals surface area contributed by atoms with Crippen LogP contribution in [0.2, 0.25) is 5.02 Å². The number of halogens is 1. The number of hydrogen-bond donors (Lipinski definition) is 2. The van der Waals surface area contributed by atoms with Crippen LogP contribution in [0.25, 0.3) is 0 Å². The zero-order chi connectivity index (χ0) is 17.5. The van der Waals surface area contributed by atoms with Crippen molar-refractivity contribution in [3.63, 3.8) is 0 Å². The molecule has 1 saturated heterocycles. The van der Waals surface area contributed by atoms with Crippen molar-refractivity contribution in [2.75, 3.05) is 45.2 Å². The quantitative estimate of drug-likeness (QED) is 0.610. The molecule has 1 fully saturated rings. The smallest absolute Gasteiger partial charge is 0.243 e. The van der Waals surface area contributed by atoms with E-state index in [-0.39, 0.29) is 18.5 Å². The Hall–Kier alpha value is -2.02. The number of nitrogens with zero attached hydrogens (tertiary/aromatic N) is 4. The highest BCUT2D eigenvalue weighted by molar-refractivity contribution is 6.32. The van der Waals surface area contributed by atoms with Crippen LogP contribution < -0.4 is 15.5 Å². The van der Waals surface area contributed by atoms with Crippen molar-refractivity contribution < 1.29 is 4.79 Å². The summed E-state index contributed by atoms with van der Waals surface area (Å²) in [5, 5.41) is 7.23. The molecule has 24 heavy (non-hydrogen) atoms. The van der Waals surface area contributed by atoms with Gasteiger partial charge in [-0.2, -0.15) is 0 Å². The lowest BCUT2D eigenvalue weighted by Gasteiger charge is -2.20. The van der Waals surface area contributed by atoms with E-state index >= 15 is 0 Å². The van der Waals surface area contributed by atoms with Crippen molar-refractivity contribution in [1.82, 2.24) is 20.5 Å². The SMILES string of the molecule is CCNC(=NCC(=O)N(C)C)NC1CCN(c2ncccc2Cl)C1. The Balaban J connectivity index is 1.95. The number of amides is 1. The van der Waals surface area contributed by atoms with Crippen molar-refractivity contribution in [2.45, 2.75) is 19.4 Å². The molecule has 1 aromatic heterocycles. The van der Waals surface area contributed by atoms with E-state index in [1.807, 2.05) is 19.1 Å². The van der Waals surface area contributed by atoms with Crippen molar-refractivity contribution in [1.29, 1.82) is 0 Å². The molecule has 0 aromatic carbocycles. The van der Waals surface area contributed by atoms with E-state index in [0.29, 0.717) is 11.0 Å². The molecule has 1 aliphatic rings. The Morgan fingerprint density at radius 3 is 3.00 bits per heavy atom. The summed E-state index contributed by atoms with van der Waals surface area (Å²) < 4.78 is 0. The Labute approximate surface area is 148 Å². The van der Waals surface area contributed by atoms with E-state index in [1.54, 1.807) is 20.3 Å². The minimum atomic E-state index is -0.0273. The van der Waals surface area contributed by atoms with E-state index < -0.39 is 0 Å². The number of anilines is 1. The Kier molecular flexibility index (Phi) is 6.66. The van der Waals surface area contributed by atoms with Crippen LogP contribution in [0, 0.1) is 0 Å². The van der Waals surface area contributed by atoms with Crippen LogP contribution in [-0.2, 0) is 4.79 Å². The van der Waals surface area contributed by atoms with Crippen LogP contribution in [0.4, 0.5) is 5.82 Å². The first-order valence-electron chi connectivity index (χ1n) is 8.11. The maximum absolute atomic E-state index is 11.7. The van der Waals surface area contributed by atoms with E-state index in [0.717, 1.165) is 31.9 Å². The second-order valence-corrected chi connectivity index (χ2v) is 6.28. The molecule has 1 unspecified atom stereocenters. The highest BCUT2D eigenvalue weighted by Crippen LogP contribution is 2.25. The lowest BCUT2D eigenvalue weighted by molar-refractivity contribution is -0.127. The summed E-state index contributed by atoms with van der Waals surface area (Å²) in [6, 6.07) is 3.91. The molecule has 0 spiro atoms. The van der Waals surface area contributed by atoms with E-state index in [4.69, 9.17) is 11.6 Å². The van der Waals surface area contributed by atoms with Gasteiger partial charge in [-0.05, 0) is 25.5 Å².